The van der Waals surface area contributed by atoms with Crippen LogP contribution >= 0.6 is 11.8 Å². The standard InChI is InChI=1S/C38H49N3O4S/c1-5-8-15-22-39(20-6-2)37(45)34-38-27(4)23-31(46-38)32(35(43)40(21-7-3)25-29-18-13-10-14-19-29)33(38)36(44)41(34)30(26-42)24-28-16-11-9-12-17-28/h6-7,9-14,16-19,27,30-34,42H,2-3,5,8,15,20-26H2,1,4H3/t27?,30-,31-,32+,33+,34?,38?/m1/s1. The molecular formula is C38H49N3O4S. The first kappa shape index (κ1) is 34.0. The molecule has 7 nitrogen and oxygen atoms in total. The number of amides is 3. The van der Waals surface area contributed by atoms with Crippen LogP contribution in [-0.2, 0) is 27.3 Å². The lowest BCUT2D eigenvalue weighted by Gasteiger charge is -2.42. The lowest BCUT2D eigenvalue weighted by molar-refractivity contribution is -0.147. The van der Waals surface area contributed by atoms with E-state index in [1.807, 2.05) is 70.5 Å². The Morgan fingerprint density at radius 2 is 1.63 bits per heavy atom. The molecule has 2 aromatic carbocycles. The molecule has 3 saturated heterocycles. The number of hydrogen-bond acceptors (Lipinski definition) is 5. The van der Waals surface area contributed by atoms with Crippen LogP contribution in [0.4, 0.5) is 0 Å². The van der Waals surface area contributed by atoms with Crippen molar-refractivity contribution in [2.75, 3.05) is 26.2 Å². The van der Waals surface area contributed by atoms with E-state index in [0.717, 1.165) is 36.8 Å². The predicted molar refractivity (Wildman–Crippen MR) is 185 cm³/mol. The summed E-state index contributed by atoms with van der Waals surface area (Å²) in [7, 11) is 0. The summed E-state index contributed by atoms with van der Waals surface area (Å²) < 4.78 is -0.764. The molecule has 7 atom stereocenters. The molecule has 0 aliphatic carbocycles. The van der Waals surface area contributed by atoms with Gasteiger partial charge in [0.25, 0.3) is 0 Å². The van der Waals surface area contributed by atoms with Crippen LogP contribution in [0.3, 0.4) is 0 Å². The van der Waals surface area contributed by atoms with Gasteiger partial charge >= 0.3 is 0 Å². The summed E-state index contributed by atoms with van der Waals surface area (Å²) in [6.45, 7) is 13.6. The number of aliphatic hydroxyl groups is 1. The molecule has 46 heavy (non-hydrogen) atoms. The normalized spacial score (nSPS) is 26.9. The molecule has 3 heterocycles. The van der Waals surface area contributed by atoms with Crippen LogP contribution in [0.1, 0.15) is 50.7 Å². The fourth-order valence-electron chi connectivity index (χ4n) is 8.13. The molecule has 3 unspecified atom stereocenters. The van der Waals surface area contributed by atoms with Gasteiger partial charge in [0, 0.05) is 31.4 Å². The van der Waals surface area contributed by atoms with Crippen LogP contribution in [0, 0.1) is 17.8 Å². The molecule has 2 aromatic rings. The number of aliphatic hydroxyl groups excluding tert-OH is 1. The molecule has 246 valence electrons. The maximum absolute atomic E-state index is 14.9. The highest BCUT2D eigenvalue weighted by molar-refractivity contribution is 8.02. The second kappa shape index (κ2) is 15.0. The summed E-state index contributed by atoms with van der Waals surface area (Å²) in [6, 6.07) is 18.3. The van der Waals surface area contributed by atoms with Crippen molar-refractivity contribution >= 4 is 29.5 Å². The molecule has 3 aliphatic heterocycles. The van der Waals surface area contributed by atoms with Crippen LogP contribution in [0.25, 0.3) is 0 Å². The monoisotopic (exact) mass is 643 g/mol. The van der Waals surface area contributed by atoms with Crippen molar-refractivity contribution in [2.45, 2.75) is 74.6 Å². The molecule has 0 saturated carbocycles. The first-order valence-electron chi connectivity index (χ1n) is 16.8. The van der Waals surface area contributed by atoms with E-state index in [1.54, 1.807) is 28.8 Å². The average molecular weight is 644 g/mol. The van der Waals surface area contributed by atoms with Gasteiger partial charge in [0.2, 0.25) is 17.7 Å². The number of carbonyl (C=O) groups excluding carboxylic acids is 3. The number of unbranched alkanes of at least 4 members (excludes halogenated alkanes) is 2. The third kappa shape index (κ3) is 6.30. The van der Waals surface area contributed by atoms with E-state index < -0.39 is 28.7 Å². The molecule has 3 aliphatic rings. The maximum atomic E-state index is 14.9. The largest absolute Gasteiger partial charge is 0.394 e. The van der Waals surface area contributed by atoms with Crippen LogP contribution in [0.5, 0.6) is 0 Å². The van der Waals surface area contributed by atoms with Gasteiger partial charge in [-0.3, -0.25) is 14.4 Å². The Hall–Kier alpha value is -3.36. The van der Waals surface area contributed by atoms with Crippen molar-refractivity contribution in [2.24, 2.45) is 17.8 Å². The number of nitrogens with zero attached hydrogens (tertiary/aromatic N) is 3. The van der Waals surface area contributed by atoms with Crippen molar-refractivity contribution in [1.29, 1.82) is 0 Å². The van der Waals surface area contributed by atoms with E-state index in [1.165, 1.54) is 0 Å². The van der Waals surface area contributed by atoms with E-state index >= 15 is 0 Å². The number of rotatable bonds is 16. The van der Waals surface area contributed by atoms with Crippen LogP contribution in [0.2, 0.25) is 0 Å². The van der Waals surface area contributed by atoms with E-state index in [0.29, 0.717) is 32.6 Å². The smallest absolute Gasteiger partial charge is 0.247 e. The zero-order valence-electron chi connectivity index (χ0n) is 27.3. The van der Waals surface area contributed by atoms with Crippen LogP contribution in [0.15, 0.2) is 86.0 Å². The topological polar surface area (TPSA) is 81.2 Å². The zero-order chi connectivity index (χ0) is 32.8. The highest BCUT2D eigenvalue weighted by Gasteiger charge is 2.77. The van der Waals surface area contributed by atoms with Crippen LogP contribution < -0.4 is 0 Å². The highest BCUT2D eigenvalue weighted by Crippen LogP contribution is 2.69. The quantitative estimate of drug-likeness (QED) is 0.197. The lowest BCUT2D eigenvalue weighted by Crippen LogP contribution is -2.59. The third-order valence-corrected chi connectivity index (χ3v) is 12.3. The van der Waals surface area contributed by atoms with Gasteiger partial charge in [0.15, 0.2) is 0 Å². The van der Waals surface area contributed by atoms with Crippen molar-refractivity contribution in [1.82, 2.24) is 14.7 Å². The van der Waals surface area contributed by atoms with Gasteiger partial charge in [-0.25, -0.2) is 0 Å². The molecule has 5 rings (SSSR count). The minimum absolute atomic E-state index is 0.0405. The molecule has 3 fully saturated rings. The summed E-state index contributed by atoms with van der Waals surface area (Å²) in [5, 5.41) is 10.8. The van der Waals surface area contributed by atoms with Gasteiger partial charge in [0.1, 0.15) is 6.04 Å². The molecule has 3 amide bonds. The number of benzene rings is 2. The molecule has 0 radical (unpaired) electrons. The Kier molecular flexibility index (Phi) is 11.1. The first-order chi connectivity index (χ1) is 22.3. The molecular weight excluding hydrogens is 595 g/mol. The molecule has 0 aromatic heterocycles. The van der Waals surface area contributed by atoms with Gasteiger partial charge in [-0.15, -0.1) is 24.9 Å². The van der Waals surface area contributed by atoms with Crippen molar-refractivity contribution in [3.63, 3.8) is 0 Å². The SMILES string of the molecule is C=CCN(CCCCC)C(=O)C1N([C@@H](CO)Cc2ccccc2)C(=O)[C@@H]2[C@@H](C(=O)N(CC=C)Cc3ccccc3)[C@H]3CC(C)C12S3. The summed E-state index contributed by atoms with van der Waals surface area (Å²) in [4.78, 5) is 49.7. The van der Waals surface area contributed by atoms with E-state index in [4.69, 9.17) is 0 Å². The Morgan fingerprint density at radius 1 is 1.00 bits per heavy atom. The van der Waals surface area contributed by atoms with Crippen LogP contribution in [-0.4, -0.2) is 85.8 Å². The van der Waals surface area contributed by atoms with Gasteiger partial charge in [-0.1, -0.05) is 99.5 Å². The van der Waals surface area contributed by atoms with Crippen molar-refractivity contribution in [3.8, 4) is 0 Å². The Morgan fingerprint density at radius 3 is 2.24 bits per heavy atom. The third-order valence-electron chi connectivity index (χ3n) is 10.2. The molecule has 1 N–H and O–H groups in total. The highest BCUT2D eigenvalue weighted by atomic mass is 32.2. The molecule has 2 bridgehead atoms. The maximum Gasteiger partial charge on any atom is 0.247 e. The van der Waals surface area contributed by atoms with Gasteiger partial charge in [-0.2, -0.15) is 0 Å². The van der Waals surface area contributed by atoms with Gasteiger partial charge in [0.05, 0.1) is 29.2 Å². The summed E-state index contributed by atoms with van der Waals surface area (Å²) in [5.41, 5.74) is 2.00. The Bertz CT molecular complexity index is 1390. The van der Waals surface area contributed by atoms with Gasteiger partial charge in [-0.05, 0) is 36.3 Å². The number of likely N-dealkylation sites (tertiary alicyclic amines) is 1. The van der Waals surface area contributed by atoms with Crippen molar-refractivity contribution in [3.05, 3.63) is 97.1 Å². The van der Waals surface area contributed by atoms with E-state index in [2.05, 4.69) is 27.0 Å². The van der Waals surface area contributed by atoms with Gasteiger partial charge < -0.3 is 19.8 Å². The Labute approximate surface area is 278 Å². The first-order valence-corrected chi connectivity index (χ1v) is 17.7. The number of thioether (sulfide) groups is 1. The number of fused-ring (bicyclic) bond motifs is 1. The second-order valence-electron chi connectivity index (χ2n) is 13.1. The number of hydrogen-bond donors (Lipinski definition) is 1. The summed E-state index contributed by atoms with van der Waals surface area (Å²) in [6.07, 6.45) is 7.56. The summed E-state index contributed by atoms with van der Waals surface area (Å²) in [5.74, 6) is -1.50. The summed E-state index contributed by atoms with van der Waals surface area (Å²) >= 11 is 1.69. The molecule has 1 spiro atoms. The van der Waals surface area contributed by atoms with E-state index in [-0.39, 0.29) is 35.5 Å². The number of carbonyl (C=O) groups is 3. The average Bonchev–Trinajstić information content (AvgIpc) is 3.67. The predicted octanol–water partition coefficient (Wildman–Crippen LogP) is 5.35. The Balaban J connectivity index is 1.56. The second-order valence-corrected chi connectivity index (χ2v) is 14.6. The fraction of sp³-hybridized carbons (Fsp3) is 0.500. The minimum atomic E-state index is -0.780. The van der Waals surface area contributed by atoms with E-state index in [9.17, 15) is 19.5 Å². The van der Waals surface area contributed by atoms with Crippen molar-refractivity contribution < 1.29 is 19.5 Å². The minimum Gasteiger partial charge on any atom is -0.394 e. The molecule has 8 heteroatoms. The lowest BCUT2D eigenvalue weighted by atomic mass is 9.65. The zero-order valence-corrected chi connectivity index (χ0v) is 28.1. The fourth-order valence-corrected chi connectivity index (χ4v) is 10.5.